The number of anilines is 1. The number of ether oxygens (including phenoxy) is 1. The third-order valence-electron chi connectivity index (χ3n) is 3.51. The Morgan fingerprint density at radius 1 is 1.12 bits per heavy atom. The van der Waals surface area contributed by atoms with Gasteiger partial charge in [0.05, 0.1) is 25.0 Å². The van der Waals surface area contributed by atoms with Crippen LogP contribution in [0.2, 0.25) is 0 Å². The number of hydrogen-bond donors (Lipinski definition) is 3. The molecule has 0 spiro atoms. The molecule has 2 aromatic carbocycles. The van der Waals surface area contributed by atoms with Crippen molar-refractivity contribution in [3.8, 4) is 11.4 Å². The molecule has 0 bridgehead atoms. The van der Waals surface area contributed by atoms with Crippen molar-refractivity contribution in [2.24, 2.45) is 0 Å². The van der Waals surface area contributed by atoms with Crippen molar-refractivity contribution in [2.45, 2.75) is 13.0 Å². The number of aliphatic hydroxyl groups is 2. The van der Waals surface area contributed by atoms with Gasteiger partial charge in [-0.15, -0.1) is 10.2 Å². The van der Waals surface area contributed by atoms with Gasteiger partial charge in [0.15, 0.2) is 0 Å². The molecule has 1 aromatic heterocycles. The van der Waals surface area contributed by atoms with Crippen LogP contribution in [0.5, 0.6) is 5.75 Å². The summed E-state index contributed by atoms with van der Waals surface area (Å²) in [5.41, 5.74) is 3.18. The zero-order chi connectivity index (χ0) is 16.9. The summed E-state index contributed by atoms with van der Waals surface area (Å²) in [6.45, 7) is 2.57. The first kappa shape index (κ1) is 16.2. The molecule has 1 atom stereocenters. The highest BCUT2D eigenvalue weighted by atomic mass is 16.5. The first-order chi connectivity index (χ1) is 11.7. The van der Waals surface area contributed by atoms with Crippen molar-refractivity contribution >= 4 is 16.7 Å². The van der Waals surface area contributed by atoms with Gasteiger partial charge < -0.3 is 20.3 Å². The molecule has 0 radical (unpaired) electrons. The monoisotopic (exact) mass is 328 g/mol. The van der Waals surface area contributed by atoms with Gasteiger partial charge in [-0.05, 0) is 49.4 Å². The second kappa shape index (κ2) is 7.29. The van der Waals surface area contributed by atoms with E-state index in [1.807, 2.05) is 49.4 Å². The van der Waals surface area contributed by atoms with Gasteiger partial charge in [0.25, 0.3) is 0 Å². The van der Waals surface area contributed by atoms with Crippen molar-refractivity contribution < 1.29 is 14.9 Å². The highest BCUT2D eigenvalue weighted by Crippen LogP contribution is 2.19. The maximum atomic E-state index is 9.39. The fraction of sp³-hybridized carbons (Fsp3) is 0.294. The molecule has 7 nitrogen and oxygen atoms in total. The lowest BCUT2D eigenvalue weighted by Crippen LogP contribution is -2.22. The minimum absolute atomic E-state index is 0.273. The molecule has 0 aliphatic carbocycles. The van der Waals surface area contributed by atoms with Crippen molar-refractivity contribution in [2.75, 3.05) is 25.1 Å². The number of benzene rings is 2. The first-order valence-electron chi connectivity index (χ1n) is 7.82. The largest absolute Gasteiger partial charge is 0.494 e. The predicted octanol–water partition coefficient (Wildman–Crippen LogP) is 1.58. The predicted molar refractivity (Wildman–Crippen MR) is 91.6 cm³/mol. The lowest BCUT2D eigenvalue weighted by molar-refractivity contribution is 0.105. The first-order valence-corrected chi connectivity index (χ1v) is 7.82. The molecule has 7 heteroatoms. The van der Waals surface area contributed by atoms with E-state index in [0.717, 1.165) is 28.2 Å². The standard InChI is InChI=1S/C17H20N4O3/c1-2-24-15-6-4-13(5-7-15)21-19-16-8-3-12(9-17(16)20-21)18-10-14(23)11-22/h3-9,14,18,22-23H,2,10-11H2,1H3. The van der Waals surface area contributed by atoms with Crippen molar-refractivity contribution in [1.82, 2.24) is 15.0 Å². The molecule has 1 heterocycles. The molecule has 126 valence electrons. The van der Waals surface area contributed by atoms with Crippen LogP contribution in [0, 0.1) is 0 Å². The van der Waals surface area contributed by atoms with Crippen molar-refractivity contribution in [3.63, 3.8) is 0 Å². The molecular formula is C17H20N4O3. The van der Waals surface area contributed by atoms with E-state index in [0.29, 0.717) is 6.61 Å². The maximum Gasteiger partial charge on any atom is 0.119 e. The molecule has 3 rings (SSSR count). The average molecular weight is 328 g/mol. The number of nitrogens with zero attached hydrogens (tertiary/aromatic N) is 3. The summed E-state index contributed by atoms with van der Waals surface area (Å²) in [6, 6.07) is 13.2. The Balaban J connectivity index is 1.80. The number of aromatic nitrogens is 3. The van der Waals surface area contributed by atoms with E-state index in [-0.39, 0.29) is 13.2 Å². The summed E-state index contributed by atoms with van der Waals surface area (Å²) in [5.74, 6) is 0.812. The van der Waals surface area contributed by atoms with E-state index in [9.17, 15) is 5.11 Å². The molecule has 3 aromatic rings. The molecular weight excluding hydrogens is 308 g/mol. The van der Waals surface area contributed by atoms with Crippen LogP contribution in [0.25, 0.3) is 16.7 Å². The molecule has 0 fully saturated rings. The molecule has 1 unspecified atom stereocenters. The third kappa shape index (κ3) is 3.64. The minimum Gasteiger partial charge on any atom is -0.494 e. The smallest absolute Gasteiger partial charge is 0.119 e. The van der Waals surface area contributed by atoms with Crippen LogP contribution in [-0.4, -0.2) is 51.1 Å². The zero-order valence-electron chi connectivity index (χ0n) is 13.4. The molecule has 24 heavy (non-hydrogen) atoms. The van der Waals surface area contributed by atoms with Gasteiger partial charge in [0, 0.05) is 12.2 Å². The van der Waals surface area contributed by atoms with Crippen LogP contribution < -0.4 is 10.1 Å². The second-order valence-corrected chi connectivity index (χ2v) is 5.34. The number of hydrogen-bond acceptors (Lipinski definition) is 6. The minimum atomic E-state index is -0.791. The number of nitrogens with one attached hydrogen (secondary N) is 1. The van der Waals surface area contributed by atoms with Gasteiger partial charge in [0.1, 0.15) is 16.8 Å². The van der Waals surface area contributed by atoms with E-state index in [2.05, 4.69) is 15.5 Å². The average Bonchev–Trinajstić information content (AvgIpc) is 3.03. The summed E-state index contributed by atoms with van der Waals surface area (Å²) in [6.07, 6.45) is -0.791. The highest BCUT2D eigenvalue weighted by molar-refractivity contribution is 5.78. The topological polar surface area (TPSA) is 92.4 Å². The Labute approximate surface area is 139 Å². The molecule has 0 amide bonds. The Hall–Kier alpha value is -2.64. The molecule has 3 N–H and O–H groups in total. The van der Waals surface area contributed by atoms with E-state index in [1.54, 1.807) is 4.80 Å². The molecule has 0 aliphatic rings. The maximum absolute atomic E-state index is 9.39. The normalized spacial score (nSPS) is 12.3. The Morgan fingerprint density at radius 2 is 1.88 bits per heavy atom. The lowest BCUT2D eigenvalue weighted by atomic mass is 10.2. The summed E-state index contributed by atoms with van der Waals surface area (Å²) in [5, 5.41) is 30.2. The van der Waals surface area contributed by atoms with Crippen LogP contribution in [0.4, 0.5) is 5.69 Å². The van der Waals surface area contributed by atoms with Crippen LogP contribution >= 0.6 is 0 Å². The summed E-state index contributed by atoms with van der Waals surface area (Å²) in [4.78, 5) is 1.58. The fourth-order valence-electron chi connectivity index (χ4n) is 2.28. The Bertz CT molecular complexity index is 801. The zero-order valence-corrected chi connectivity index (χ0v) is 13.4. The lowest BCUT2D eigenvalue weighted by Gasteiger charge is -2.09. The molecule has 0 saturated heterocycles. The van der Waals surface area contributed by atoms with E-state index < -0.39 is 6.10 Å². The molecule has 0 saturated carbocycles. The van der Waals surface area contributed by atoms with Gasteiger partial charge in [0.2, 0.25) is 0 Å². The Kier molecular flexibility index (Phi) is 4.93. The number of fused-ring (bicyclic) bond motifs is 1. The number of aliphatic hydroxyl groups excluding tert-OH is 2. The summed E-state index contributed by atoms with van der Waals surface area (Å²) in [7, 11) is 0. The van der Waals surface area contributed by atoms with E-state index in [1.165, 1.54) is 0 Å². The van der Waals surface area contributed by atoms with Crippen molar-refractivity contribution in [1.29, 1.82) is 0 Å². The van der Waals surface area contributed by atoms with E-state index >= 15 is 0 Å². The summed E-state index contributed by atoms with van der Waals surface area (Å²) < 4.78 is 5.43. The Morgan fingerprint density at radius 3 is 2.58 bits per heavy atom. The fourth-order valence-corrected chi connectivity index (χ4v) is 2.28. The van der Waals surface area contributed by atoms with Crippen LogP contribution in [0.1, 0.15) is 6.92 Å². The third-order valence-corrected chi connectivity index (χ3v) is 3.51. The van der Waals surface area contributed by atoms with Crippen molar-refractivity contribution in [3.05, 3.63) is 42.5 Å². The van der Waals surface area contributed by atoms with Gasteiger partial charge in [-0.2, -0.15) is 4.80 Å². The SMILES string of the molecule is CCOc1ccc(-n2nc3ccc(NCC(O)CO)cc3n2)cc1. The molecule has 0 aliphatic heterocycles. The second-order valence-electron chi connectivity index (χ2n) is 5.34. The highest BCUT2D eigenvalue weighted by Gasteiger charge is 2.07. The quantitative estimate of drug-likeness (QED) is 0.610. The van der Waals surface area contributed by atoms with E-state index in [4.69, 9.17) is 9.84 Å². The van der Waals surface area contributed by atoms with Crippen LogP contribution in [0.3, 0.4) is 0 Å². The van der Waals surface area contributed by atoms with Gasteiger partial charge in [-0.25, -0.2) is 0 Å². The van der Waals surface area contributed by atoms with Gasteiger partial charge in [-0.3, -0.25) is 0 Å². The number of rotatable bonds is 7. The van der Waals surface area contributed by atoms with Crippen LogP contribution in [-0.2, 0) is 0 Å². The van der Waals surface area contributed by atoms with Gasteiger partial charge >= 0.3 is 0 Å². The van der Waals surface area contributed by atoms with Gasteiger partial charge in [-0.1, -0.05) is 0 Å². The summed E-state index contributed by atoms with van der Waals surface area (Å²) >= 11 is 0. The van der Waals surface area contributed by atoms with Crippen LogP contribution in [0.15, 0.2) is 42.5 Å².